The van der Waals surface area contributed by atoms with E-state index in [0.717, 1.165) is 23.3 Å². The topological polar surface area (TPSA) is 47.6 Å². The van der Waals surface area contributed by atoms with Gasteiger partial charge in [-0.3, -0.25) is 4.79 Å². The molecular formula is C26H29NO3. The van der Waals surface area contributed by atoms with Crippen LogP contribution in [0.25, 0.3) is 11.1 Å². The molecule has 3 aromatic rings. The summed E-state index contributed by atoms with van der Waals surface area (Å²) in [7, 11) is 0. The highest BCUT2D eigenvalue weighted by Crippen LogP contribution is 2.23. The summed E-state index contributed by atoms with van der Waals surface area (Å²) in [4.78, 5) is 12.5. The van der Waals surface area contributed by atoms with E-state index >= 15 is 0 Å². The first-order chi connectivity index (χ1) is 14.5. The van der Waals surface area contributed by atoms with E-state index in [-0.39, 0.29) is 5.91 Å². The summed E-state index contributed by atoms with van der Waals surface area (Å²) < 4.78 is 11.5. The number of amides is 1. The van der Waals surface area contributed by atoms with Crippen LogP contribution in [0.3, 0.4) is 0 Å². The molecule has 0 aliphatic carbocycles. The van der Waals surface area contributed by atoms with Crippen molar-refractivity contribution >= 4 is 11.6 Å². The first kappa shape index (κ1) is 21.4. The van der Waals surface area contributed by atoms with Gasteiger partial charge in [0.2, 0.25) is 0 Å². The number of carbonyl (C=O) groups excluding carboxylic acids is 1. The Morgan fingerprint density at radius 3 is 2.03 bits per heavy atom. The number of anilines is 1. The molecule has 0 saturated heterocycles. The highest BCUT2D eigenvalue weighted by Gasteiger charge is 2.15. The molecule has 0 saturated carbocycles. The van der Waals surface area contributed by atoms with Gasteiger partial charge in [-0.05, 0) is 66.8 Å². The van der Waals surface area contributed by atoms with Crippen molar-refractivity contribution in [3.63, 3.8) is 0 Å². The quantitative estimate of drug-likeness (QED) is 0.464. The van der Waals surface area contributed by atoms with Crippen LogP contribution in [-0.2, 0) is 4.79 Å². The van der Waals surface area contributed by atoms with Crippen LogP contribution in [0.5, 0.6) is 11.5 Å². The van der Waals surface area contributed by atoms with Gasteiger partial charge in [0.05, 0.1) is 6.61 Å². The number of hydrogen-bond acceptors (Lipinski definition) is 3. The molecule has 0 fully saturated rings. The average Bonchev–Trinajstić information content (AvgIpc) is 2.76. The van der Waals surface area contributed by atoms with Crippen molar-refractivity contribution < 1.29 is 14.3 Å². The minimum absolute atomic E-state index is 0.199. The Morgan fingerprint density at radius 1 is 0.800 bits per heavy atom. The Bertz CT molecular complexity index is 919. The zero-order valence-corrected chi connectivity index (χ0v) is 17.8. The van der Waals surface area contributed by atoms with Gasteiger partial charge < -0.3 is 14.8 Å². The third kappa shape index (κ3) is 6.38. The van der Waals surface area contributed by atoms with Gasteiger partial charge in [-0.1, -0.05) is 56.3 Å². The zero-order chi connectivity index (χ0) is 21.3. The molecule has 1 unspecified atom stereocenters. The van der Waals surface area contributed by atoms with Crippen molar-refractivity contribution in [1.82, 2.24) is 0 Å². The standard InChI is InChI=1S/C26H29NO3/c1-19(2)17-18-29-24-15-11-23(12-16-24)27-26(28)20(3)30-25-13-9-22(10-14-25)21-7-5-4-6-8-21/h4-16,19-20H,17-18H2,1-3H3,(H,27,28). The molecule has 0 bridgehead atoms. The molecule has 0 spiro atoms. The molecule has 0 heterocycles. The summed E-state index contributed by atoms with van der Waals surface area (Å²) >= 11 is 0. The number of benzene rings is 3. The van der Waals surface area contributed by atoms with Crippen LogP contribution in [0.1, 0.15) is 27.2 Å². The van der Waals surface area contributed by atoms with Crippen molar-refractivity contribution in [1.29, 1.82) is 0 Å². The summed E-state index contributed by atoms with van der Waals surface area (Å²) in [6.07, 6.45) is 0.397. The van der Waals surface area contributed by atoms with Crippen LogP contribution in [-0.4, -0.2) is 18.6 Å². The third-order valence-electron chi connectivity index (χ3n) is 4.73. The van der Waals surface area contributed by atoms with Crippen molar-refractivity contribution in [3.8, 4) is 22.6 Å². The molecule has 4 heteroatoms. The number of carbonyl (C=O) groups is 1. The SMILES string of the molecule is CC(C)CCOc1ccc(NC(=O)C(C)Oc2ccc(-c3ccccc3)cc2)cc1. The Hall–Kier alpha value is -3.27. The lowest BCUT2D eigenvalue weighted by molar-refractivity contribution is -0.122. The number of nitrogens with one attached hydrogen (secondary N) is 1. The third-order valence-corrected chi connectivity index (χ3v) is 4.73. The summed E-state index contributed by atoms with van der Waals surface area (Å²) in [6, 6.07) is 25.3. The molecule has 0 aliphatic rings. The number of hydrogen-bond donors (Lipinski definition) is 1. The molecule has 1 N–H and O–H groups in total. The summed E-state index contributed by atoms with van der Waals surface area (Å²) in [5, 5.41) is 2.88. The van der Waals surface area contributed by atoms with E-state index in [1.807, 2.05) is 66.7 Å². The smallest absolute Gasteiger partial charge is 0.265 e. The lowest BCUT2D eigenvalue weighted by atomic mass is 10.1. The fourth-order valence-electron chi connectivity index (χ4n) is 2.91. The molecule has 0 radical (unpaired) electrons. The molecule has 1 atom stereocenters. The maximum absolute atomic E-state index is 12.5. The van der Waals surface area contributed by atoms with Gasteiger partial charge in [0, 0.05) is 5.69 Å². The molecule has 4 nitrogen and oxygen atoms in total. The zero-order valence-electron chi connectivity index (χ0n) is 17.8. The van der Waals surface area contributed by atoms with Crippen LogP contribution in [0.2, 0.25) is 0 Å². The van der Waals surface area contributed by atoms with Crippen LogP contribution in [0, 0.1) is 5.92 Å². The fraction of sp³-hybridized carbons (Fsp3) is 0.269. The second kappa shape index (κ2) is 10.5. The summed E-state index contributed by atoms with van der Waals surface area (Å²) in [5.74, 6) is 1.87. The molecule has 3 aromatic carbocycles. The molecule has 0 aliphatic heterocycles. The second-order valence-corrected chi connectivity index (χ2v) is 7.70. The lowest BCUT2D eigenvalue weighted by Crippen LogP contribution is -2.30. The highest BCUT2D eigenvalue weighted by atomic mass is 16.5. The maximum Gasteiger partial charge on any atom is 0.265 e. The van der Waals surface area contributed by atoms with Crippen molar-refractivity contribution in [2.24, 2.45) is 5.92 Å². The average molecular weight is 404 g/mol. The van der Waals surface area contributed by atoms with E-state index in [4.69, 9.17) is 9.47 Å². The molecule has 1 amide bonds. The molecular weight excluding hydrogens is 374 g/mol. The van der Waals surface area contributed by atoms with Gasteiger partial charge in [-0.2, -0.15) is 0 Å². The normalized spacial score (nSPS) is 11.7. The van der Waals surface area contributed by atoms with E-state index in [1.165, 1.54) is 0 Å². The number of ether oxygens (including phenoxy) is 2. The predicted octanol–water partition coefficient (Wildman–Crippen LogP) is 6.18. The van der Waals surface area contributed by atoms with Gasteiger partial charge in [0.15, 0.2) is 6.10 Å². The van der Waals surface area contributed by atoms with Gasteiger partial charge in [-0.15, -0.1) is 0 Å². The highest BCUT2D eigenvalue weighted by molar-refractivity contribution is 5.94. The van der Waals surface area contributed by atoms with E-state index in [0.29, 0.717) is 24.0 Å². The van der Waals surface area contributed by atoms with Crippen molar-refractivity contribution in [3.05, 3.63) is 78.9 Å². The van der Waals surface area contributed by atoms with Gasteiger partial charge in [0.25, 0.3) is 5.91 Å². The fourth-order valence-corrected chi connectivity index (χ4v) is 2.91. The van der Waals surface area contributed by atoms with Crippen LogP contribution in [0.15, 0.2) is 78.9 Å². The van der Waals surface area contributed by atoms with Crippen molar-refractivity contribution in [2.45, 2.75) is 33.3 Å². The van der Waals surface area contributed by atoms with Gasteiger partial charge in [-0.25, -0.2) is 0 Å². The Labute approximate surface area is 178 Å². The van der Waals surface area contributed by atoms with E-state index < -0.39 is 6.10 Å². The largest absolute Gasteiger partial charge is 0.494 e. The summed E-state index contributed by atoms with van der Waals surface area (Å²) in [6.45, 7) is 6.77. The number of rotatable bonds is 9. The monoisotopic (exact) mass is 403 g/mol. The van der Waals surface area contributed by atoms with Crippen LogP contribution >= 0.6 is 0 Å². The van der Waals surface area contributed by atoms with Gasteiger partial charge >= 0.3 is 0 Å². The molecule has 0 aromatic heterocycles. The lowest BCUT2D eigenvalue weighted by Gasteiger charge is -2.15. The molecule has 30 heavy (non-hydrogen) atoms. The Kier molecular flexibility index (Phi) is 7.50. The molecule has 156 valence electrons. The van der Waals surface area contributed by atoms with Gasteiger partial charge in [0.1, 0.15) is 11.5 Å². The Morgan fingerprint density at radius 2 is 1.40 bits per heavy atom. The van der Waals surface area contributed by atoms with Crippen LogP contribution in [0.4, 0.5) is 5.69 Å². The summed E-state index contributed by atoms with van der Waals surface area (Å²) in [5.41, 5.74) is 2.97. The molecule has 3 rings (SSSR count). The van der Waals surface area contributed by atoms with E-state index in [2.05, 4.69) is 31.3 Å². The maximum atomic E-state index is 12.5. The van der Waals surface area contributed by atoms with E-state index in [9.17, 15) is 4.79 Å². The first-order valence-electron chi connectivity index (χ1n) is 10.4. The Balaban J connectivity index is 1.51. The minimum Gasteiger partial charge on any atom is -0.494 e. The van der Waals surface area contributed by atoms with Crippen molar-refractivity contribution in [2.75, 3.05) is 11.9 Å². The van der Waals surface area contributed by atoms with E-state index in [1.54, 1.807) is 6.92 Å². The first-order valence-corrected chi connectivity index (χ1v) is 10.4. The van der Waals surface area contributed by atoms with Crippen LogP contribution < -0.4 is 14.8 Å². The predicted molar refractivity (Wildman–Crippen MR) is 122 cm³/mol. The second-order valence-electron chi connectivity index (χ2n) is 7.70. The minimum atomic E-state index is -0.616.